The average molecular weight is 207 g/mol. The third-order valence-electron chi connectivity index (χ3n) is 2.85. The van der Waals surface area contributed by atoms with E-state index in [0.717, 1.165) is 30.9 Å². The Balaban J connectivity index is 1.92. The molecule has 0 aromatic carbocycles. The minimum absolute atomic E-state index is 0.396. The van der Waals surface area contributed by atoms with Gasteiger partial charge >= 0.3 is 0 Å². The first-order valence-electron chi connectivity index (χ1n) is 5.37. The van der Waals surface area contributed by atoms with Gasteiger partial charge in [0.15, 0.2) is 0 Å². The molecular weight excluding hydrogens is 190 g/mol. The maximum Gasteiger partial charge on any atom is 0.223 e. The van der Waals surface area contributed by atoms with Crippen molar-refractivity contribution in [2.75, 3.05) is 12.4 Å². The zero-order valence-electron chi connectivity index (χ0n) is 9.23. The molecular formula is C11H17N3O. The molecule has 0 aliphatic heterocycles. The van der Waals surface area contributed by atoms with E-state index in [1.54, 1.807) is 13.3 Å². The average Bonchev–Trinajstić information content (AvgIpc) is 2.65. The molecule has 1 N–H and O–H groups in total. The second-order valence-corrected chi connectivity index (χ2v) is 4.03. The number of nitrogens with one attached hydrogen (secondary N) is 1. The van der Waals surface area contributed by atoms with Crippen LogP contribution in [0.4, 0.5) is 5.95 Å². The fourth-order valence-corrected chi connectivity index (χ4v) is 1.99. The Labute approximate surface area is 90.1 Å². The van der Waals surface area contributed by atoms with Crippen molar-refractivity contribution in [1.29, 1.82) is 0 Å². The molecule has 1 aromatic rings. The van der Waals surface area contributed by atoms with E-state index in [2.05, 4.69) is 15.3 Å². The summed E-state index contributed by atoms with van der Waals surface area (Å²) in [5.74, 6) is 0.733. The molecule has 0 radical (unpaired) electrons. The van der Waals surface area contributed by atoms with Crippen molar-refractivity contribution < 1.29 is 4.74 Å². The summed E-state index contributed by atoms with van der Waals surface area (Å²) in [5.41, 5.74) is 0.994. The minimum atomic E-state index is 0.396. The maximum atomic E-state index is 5.32. The first-order chi connectivity index (χ1) is 7.28. The van der Waals surface area contributed by atoms with E-state index in [1.165, 1.54) is 0 Å². The Morgan fingerprint density at radius 1 is 1.47 bits per heavy atom. The Morgan fingerprint density at radius 3 is 3.00 bits per heavy atom. The topological polar surface area (TPSA) is 47.0 Å². The normalized spacial score (nSPS) is 25.5. The van der Waals surface area contributed by atoms with Crippen LogP contribution in [0.25, 0.3) is 0 Å². The molecule has 82 valence electrons. The van der Waals surface area contributed by atoms with Crippen LogP contribution in [0.15, 0.2) is 12.3 Å². The van der Waals surface area contributed by atoms with Gasteiger partial charge in [-0.25, -0.2) is 9.97 Å². The van der Waals surface area contributed by atoms with Gasteiger partial charge in [-0.05, 0) is 32.3 Å². The minimum Gasteiger partial charge on any atom is -0.381 e. The molecule has 4 nitrogen and oxygen atoms in total. The number of hydrogen-bond donors (Lipinski definition) is 1. The number of rotatable bonds is 3. The van der Waals surface area contributed by atoms with Crippen LogP contribution in [-0.4, -0.2) is 29.2 Å². The molecule has 0 saturated heterocycles. The maximum absolute atomic E-state index is 5.32. The zero-order chi connectivity index (χ0) is 10.7. The van der Waals surface area contributed by atoms with Gasteiger partial charge < -0.3 is 10.1 Å². The lowest BCUT2D eigenvalue weighted by Crippen LogP contribution is -2.18. The molecule has 2 atom stereocenters. The summed E-state index contributed by atoms with van der Waals surface area (Å²) in [4.78, 5) is 8.52. The summed E-state index contributed by atoms with van der Waals surface area (Å²) in [7, 11) is 1.77. The highest BCUT2D eigenvalue weighted by atomic mass is 16.5. The smallest absolute Gasteiger partial charge is 0.223 e. The monoisotopic (exact) mass is 207 g/mol. The van der Waals surface area contributed by atoms with E-state index in [4.69, 9.17) is 4.74 Å². The van der Waals surface area contributed by atoms with Gasteiger partial charge in [0.25, 0.3) is 0 Å². The summed E-state index contributed by atoms with van der Waals surface area (Å²) in [5, 5.41) is 3.34. The molecule has 15 heavy (non-hydrogen) atoms. The van der Waals surface area contributed by atoms with Gasteiger partial charge in [0.1, 0.15) is 0 Å². The van der Waals surface area contributed by atoms with Crippen molar-refractivity contribution in [3.05, 3.63) is 18.0 Å². The van der Waals surface area contributed by atoms with Gasteiger partial charge in [0.05, 0.1) is 6.10 Å². The zero-order valence-corrected chi connectivity index (χ0v) is 9.23. The molecule has 2 unspecified atom stereocenters. The van der Waals surface area contributed by atoms with Crippen molar-refractivity contribution in [2.24, 2.45) is 0 Å². The van der Waals surface area contributed by atoms with Gasteiger partial charge in [-0.15, -0.1) is 0 Å². The summed E-state index contributed by atoms with van der Waals surface area (Å²) >= 11 is 0. The first kappa shape index (κ1) is 10.4. The SMILES string of the molecule is COC1CCC(Nc2nccc(C)n2)C1. The van der Waals surface area contributed by atoms with Crippen molar-refractivity contribution in [1.82, 2.24) is 9.97 Å². The van der Waals surface area contributed by atoms with E-state index in [0.29, 0.717) is 12.1 Å². The number of nitrogens with zero attached hydrogens (tertiary/aromatic N) is 2. The van der Waals surface area contributed by atoms with E-state index in [1.807, 2.05) is 13.0 Å². The van der Waals surface area contributed by atoms with E-state index in [9.17, 15) is 0 Å². The predicted molar refractivity (Wildman–Crippen MR) is 58.8 cm³/mol. The van der Waals surface area contributed by atoms with Crippen LogP contribution in [0.5, 0.6) is 0 Å². The highest BCUT2D eigenvalue weighted by molar-refractivity contribution is 5.26. The van der Waals surface area contributed by atoms with Crippen LogP contribution in [0.3, 0.4) is 0 Å². The standard InChI is InChI=1S/C11H17N3O/c1-8-5-6-12-11(13-8)14-9-3-4-10(7-9)15-2/h5-6,9-10H,3-4,7H2,1-2H3,(H,12,13,14). The lowest BCUT2D eigenvalue weighted by molar-refractivity contribution is 0.108. The third-order valence-corrected chi connectivity index (χ3v) is 2.85. The molecule has 0 spiro atoms. The predicted octanol–water partition coefficient (Wildman–Crippen LogP) is 1.76. The Kier molecular flexibility index (Phi) is 3.16. The Hall–Kier alpha value is -1.16. The summed E-state index contributed by atoms with van der Waals surface area (Å²) in [6.07, 6.45) is 5.49. The number of ether oxygens (including phenoxy) is 1. The van der Waals surface area contributed by atoms with Crippen molar-refractivity contribution in [3.63, 3.8) is 0 Å². The number of hydrogen-bond acceptors (Lipinski definition) is 4. The Bertz CT molecular complexity index is 329. The van der Waals surface area contributed by atoms with Gasteiger partial charge in [-0.2, -0.15) is 0 Å². The molecule has 4 heteroatoms. The lowest BCUT2D eigenvalue weighted by Gasteiger charge is -2.12. The first-order valence-corrected chi connectivity index (χ1v) is 5.37. The van der Waals surface area contributed by atoms with Gasteiger partial charge in [0, 0.05) is 25.0 Å². The molecule has 1 fully saturated rings. The summed E-state index contributed by atoms with van der Waals surface area (Å²) in [6, 6.07) is 2.36. The van der Waals surface area contributed by atoms with Crippen LogP contribution in [-0.2, 0) is 4.74 Å². The lowest BCUT2D eigenvalue weighted by atomic mass is 10.2. The van der Waals surface area contributed by atoms with Crippen LogP contribution in [0, 0.1) is 6.92 Å². The number of anilines is 1. The summed E-state index contributed by atoms with van der Waals surface area (Å²) < 4.78 is 5.32. The van der Waals surface area contributed by atoms with E-state index < -0.39 is 0 Å². The van der Waals surface area contributed by atoms with Crippen molar-refractivity contribution in [3.8, 4) is 0 Å². The second-order valence-electron chi connectivity index (χ2n) is 4.03. The molecule has 1 aliphatic rings. The Morgan fingerprint density at radius 2 is 2.33 bits per heavy atom. The fraction of sp³-hybridized carbons (Fsp3) is 0.636. The number of aryl methyl sites for hydroxylation is 1. The van der Waals surface area contributed by atoms with E-state index in [-0.39, 0.29) is 0 Å². The van der Waals surface area contributed by atoms with Crippen molar-refractivity contribution in [2.45, 2.75) is 38.3 Å². The number of aromatic nitrogens is 2. The van der Waals surface area contributed by atoms with E-state index >= 15 is 0 Å². The molecule has 1 heterocycles. The summed E-state index contributed by atoms with van der Waals surface area (Å²) in [6.45, 7) is 1.97. The third kappa shape index (κ3) is 2.65. The quantitative estimate of drug-likeness (QED) is 0.820. The van der Waals surface area contributed by atoms with Crippen LogP contribution >= 0.6 is 0 Å². The van der Waals surface area contributed by atoms with Gasteiger partial charge in [-0.3, -0.25) is 0 Å². The highest BCUT2D eigenvalue weighted by Crippen LogP contribution is 2.23. The largest absolute Gasteiger partial charge is 0.381 e. The molecule has 0 bridgehead atoms. The second kappa shape index (κ2) is 4.57. The highest BCUT2D eigenvalue weighted by Gasteiger charge is 2.24. The van der Waals surface area contributed by atoms with Crippen LogP contribution in [0.2, 0.25) is 0 Å². The van der Waals surface area contributed by atoms with Gasteiger partial charge in [0.2, 0.25) is 5.95 Å². The fourth-order valence-electron chi connectivity index (χ4n) is 1.99. The molecule has 1 saturated carbocycles. The van der Waals surface area contributed by atoms with Gasteiger partial charge in [-0.1, -0.05) is 0 Å². The van der Waals surface area contributed by atoms with Crippen molar-refractivity contribution >= 4 is 5.95 Å². The van der Waals surface area contributed by atoms with Crippen LogP contribution in [0.1, 0.15) is 25.0 Å². The molecule has 2 rings (SSSR count). The number of methoxy groups -OCH3 is 1. The molecule has 1 aliphatic carbocycles. The van der Waals surface area contributed by atoms with Crippen LogP contribution < -0.4 is 5.32 Å². The molecule has 1 aromatic heterocycles. The molecule has 0 amide bonds.